The molecule has 0 heterocycles. The van der Waals surface area contributed by atoms with Crippen LogP contribution in [-0.4, -0.2) is 51.7 Å². The van der Waals surface area contributed by atoms with Crippen molar-refractivity contribution in [3.8, 4) is 0 Å². The van der Waals surface area contributed by atoms with Crippen LogP contribution in [0.4, 0.5) is 7.77 Å². The van der Waals surface area contributed by atoms with E-state index in [4.69, 9.17) is 34.8 Å². The lowest BCUT2D eigenvalue weighted by Gasteiger charge is -2.22. The fourth-order valence-electron chi connectivity index (χ4n) is 7.63. The standard InChI is InChI=1S/C36H30O2.2FHO3S/c1-37-33-19-24-17-23(18-31(24)30-14-12-22-8-4-6-10-27(22)36(30)33)25-15-16-28-29-13-11-21-7-3-5-9-26(21)35(29)34(38-2)20-32(25)28;2*1-5(2,3)4/h3-14,17,25H,15-16,18-20H2,1-2H3;2*(H,2,3,4)/q+2;;/p-2. The first kappa shape index (κ1) is 33.5. The van der Waals surface area contributed by atoms with Crippen molar-refractivity contribution in [2.24, 2.45) is 5.92 Å². The minimum absolute atomic E-state index is 0.482. The van der Waals surface area contributed by atoms with E-state index >= 15 is 0 Å². The normalized spacial score (nSPS) is 20.0. The van der Waals surface area contributed by atoms with Crippen molar-refractivity contribution in [1.82, 2.24) is 0 Å². The molecule has 0 saturated heterocycles. The van der Waals surface area contributed by atoms with Gasteiger partial charge in [0.2, 0.25) is 0 Å². The van der Waals surface area contributed by atoms with Gasteiger partial charge in [0, 0.05) is 5.92 Å². The topological polar surface area (TPSA) is 137 Å². The molecular weight excluding hydrogens is 663 g/mol. The quantitative estimate of drug-likeness (QED) is 0.117. The first-order chi connectivity index (χ1) is 22.7. The van der Waals surface area contributed by atoms with E-state index in [0.717, 1.165) is 37.2 Å². The van der Waals surface area contributed by atoms with Crippen molar-refractivity contribution in [3.05, 3.63) is 118 Å². The number of allylic oxidation sites excluding steroid dienone is 6. The Morgan fingerprint density at radius 3 is 1.67 bits per heavy atom. The highest BCUT2D eigenvalue weighted by Gasteiger charge is 2.41. The molecular formula is C36H30F2O8S2. The third kappa shape index (κ3) is 6.79. The lowest BCUT2D eigenvalue weighted by atomic mass is 9.79. The Morgan fingerprint density at radius 1 is 0.667 bits per heavy atom. The summed E-state index contributed by atoms with van der Waals surface area (Å²) in [5, 5.41) is 5.16. The zero-order valence-electron chi connectivity index (χ0n) is 26.0. The monoisotopic (exact) mass is 692 g/mol. The summed E-state index contributed by atoms with van der Waals surface area (Å²) >= 11 is 0. The van der Waals surface area contributed by atoms with E-state index in [1.54, 1.807) is 16.7 Å². The summed E-state index contributed by atoms with van der Waals surface area (Å²) in [4.78, 5) is 0. The van der Waals surface area contributed by atoms with Gasteiger partial charge in [-0.15, -0.1) is 7.77 Å². The maximum Gasteiger partial charge on any atom is 0.331 e. The number of carbonyl (C=O) groups excluding carboxylic acids is 2. The largest absolute Gasteiger partial charge is 0.722 e. The summed E-state index contributed by atoms with van der Waals surface area (Å²) in [6.07, 6.45) is 7.66. The van der Waals surface area contributed by atoms with Crippen molar-refractivity contribution >= 4 is 65.3 Å². The van der Waals surface area contributed by atoms with Gasteiger partial charge in [-0.2, -0.15) is 0 Å². The van der Waals surface area contributed by atoms with Gasteiger partial charge in [0.15, 0.2) is 0 Å². The van der Waals surface area contributed by atoms with E-state index in [1.165, 1.54) is 61.4 Å². The molecule has 4 aliphatic rings. The average Bonchev–Trinajstić information content (AvgIpc) is 3.66. The fraction of sp³-hybridized carbons (Fsp3) is 0.222. The van der Waals surface area contributed by atoms with Crippen LogP contribution < -0.4 is 0 Å². The van der Waals surface area contributed by atoms with E-state index in [0.29, 0.717) is 5.92 Å². The zero-order valence-corrected chi connectivity index (χ0v) is 27.6. The summed E-state index contributed by atoms with van der Waals surface area (Å²) in [5.74, 6) is 2.69. The number of benzene rings is 4. The Morgan fingerprint density at radius 2 is 1.15 bits per heavy atom. The van der Waals surface area contributed by atoms with E-state index in [-0.39, 0.29) is 0 Å². The molecule has 8 nitrogen and oxygen atoms in total. The Hall–Kier alpha value is -4.36. The number of fused-ring (bicyclic) bond motifs is 8. The van der Waals surface area contributed by atoms with Gasteiger partial charge in [0.1, 0.15) is 0 Å². The molecule has 0 amide bonds. The van der Waals surface area contributed by atoms with Crippen molar-refractivity contribution in [3.63, 3.8) is 0 Å². The van der Waals surface area contributed by atoms with Gasteiger partial charge in [-0.3, -0.25) is 8.85 Å². The highest BCUT2D eigenvalue weighted by atomic mass is 32.3. The predicted octanol–water partition coefficient (Wildman–Crippen LogP) is 7.28. The minimum atomic E-state index is -5.42. The molecule has 248 valence electrons. The second kappa shape index (κ2) is 12.9. The predicted molar refractivity (Wildman–Crippen MR) is 179 cm³/mol. The van der Waals surface area contributed by atoms with E-state index in [1.807, 2.05) is 14.2 Å². The Kier molecular flexibility index (Phi) is 9.03. The Labute approximate surface area is 277 Å². The molecule has 48 heavy (non-hydrogen) atoms. The molecule has 0 fully saturated rings. The molecule has 0 aliphatic heterocycles. The average molecular weight is 693 g/mol. The van der Waals surface area contributed by atoms with Crippen LogP contribution in [0.1, 0.15) is 63.2 Å². The number of halogens is 2. The third-order valence-corrected chi connectivity index (χ3v) is 9.33. The highest BCUT2D eigenvalue weighted by molar-refractivity contribution is 7.80. The third-order valence-electron chi connectivity index (χ3n) is 9.33. The molecule has 0 spiro atoms. The van der Waals surface area contributed by atoms with Gasteiger partial charge in [-0.05, 0) is 74.2 Å². The molecule has 0 saturated carbocycles. The molecule has 1 unspecified atom stereocenters. The van der Waals surface area contributed by atoms with E-state index in [9.17, 15) is 7.77 Å². The molecule has 0 radical (unpaired) electrons. The number of hydrogen-bond donors (Lipinski definition) is 0. The molecule has 4 aromatic carbocycles. The second-order valence-corrected chi connectivity index (χ2v) is 13.4. The molecule has 0 aromatic heterocycles. The first-order valence-electron chi connectivity index (χ1n) is 15.0. The Bertz CT molecular complexity index is 2320. The smallest absolute Gasteiger partial charge is 0.331 e. The van der Waals surface area contributed by atoms with Crippen molar-refractivity contribution in [2.75, 3.05) is 14.2 Å². The summed E-state index contributed by atoms with van der Waals surface area (Å²) in [7, 11) is -7.17. The molecule has 0 bridgehead atoms. The van der Waals surface area contributed by atoms with E-state index in [2.05, 4.69) is 78.9 Å². The number of rotatable bonds is 1. The number of ketones is 2. The van der Waals surface area contributed by atoms with Crippen LogP contribution in [0.2, 0.25) is 0 Å². The van der Waals surface area contributed by atoms with Crippen molar-refractivity contribution in [2.45, 2.75) is 32.1 Å². The minimum Gasteiger partial charge on any atom is -0.722 e. The van der Waals surface area contributed by atoms with Gasteiger partial charge >= 0.3 is 11.6 Å². The van der Waals surface area contributed by atoms with Gasteiger partial charge in [0.25, 0.3) is 35.2 Å². The summed E-state index contributed by atoms with van der Waals surface area (Å²) < 4.78 is 82.8. The molecule has 4 aliphatic carbocycles. The van der Waals surface area contributed by atoms with Crippen LogP contribution in [-0.2, 0) is 21.0 Å². The summed E-state index contributed by atoms with van der Waals surface area (Å²) in [6, 6.07) is 26.6. The second-order valence-electron chi connectivity index (χ2n) is 11.8. The van der Waals surface area contributed by atoms with Crippen LogP contribution in [0, 0.1) is 5.92 Å². The van der Waals surface area contributed by atoms with Crippen LogP contribution >= 0.6 is 0 Å². The van der Waals surface area contributed by atoms with Gasteiger partial charge in [-0.25, -0.2) is 16.8 Å². The van der Waals surface area contributed by atoms with Crippen LogP contribution in [0.3, 0.4) is 0 Å². The number of hydrogen-bond acceptors (Lipinski definition) is 6. The summed E-state index contributed by atoms with van der Waals surface area (Å²) in [6.45, 7) is 0. The van der Waals surface area contributed by atoms with Crippen molar-refractivity contribution < 1.29 is 42.6 Å². The lowest BCUT2D eigenvalue weighted by molar-refractivity contribution is -0.225. The Balaban J connectivity index is 0.000000355. The highest BCUT2D eigenvalue weighted by Crippen LogP contribution is 2.53. The maximum absolute atomic E-state index is 10.1. The summed E-state index contributed by atoms with van der Waals surface area (Å²) in [5.41, 5.74) is 13.0. The van der Waals surface area contributed by atoms with E-state index < -0.39 is 21.0 Å². The van der Waals surface area contributed by atoms with Crippen LogP contribution in [0.15, 0.2) is 95.6 Å². The van der Waals surface area contributed by atoms with Gasteiger partial charge in [-0.1, -0.05) is 84.4 Å². The van der Waals surface area contributed by atoms with Crippen LogP contribution in [0.5, 0.6) is 0 Å². The fourth-order valence-corrected chi connectivity index (χ4v) is 7.63. The zero-order chi connectivity index (χ0) is 34.4. The molecule has 8 rings (SSSR count). The van der Waals surface area contributed by atoms with Crippen LogP contribution in [0.25, 0.3) is 32.7 Å². The molecule has 4 aromatic rings. The SMILES string of the molecule is C[O+]=C1CC2=C(CC(C3CCC4=C3CC(=[O+]C)c3c4ccc4ccccc34)=C2)c2ccc3ccccc3c21.O=S(=O)([O-])F.O=S(=O)([O-])F. The first-order valence-corrected chi connectivity index (χ1v) is 17.7. The maximum atomic E-state index is 10.1. The lowest BCUT2D eigenvalue weighted by Crippen LogP contribution is -2.16. The van der Waals surface area contributed by atoms with Crippen molar-refractivity contribution in [1.29, 1.82) is 0 Å². The van der Waals surface area contributed by atoms with Gasteiger partial charge < -0.3 is 9.11 Å². The molecule has 1 atom stereocenters. The molecule has 0 N–H and O–H groups in total. The van der Waals surface area contributed by atoms with Gasteiger partial charge in [0.05, 0.1) is 24.0 Å². The molecule has 12 heteroatoms.